The molecule has 0 saturated carbocycles. The Hall–Kier alpha value is -4.18. The minimum absolute atomic E-state index is 0.0221. The minimum Gasteiger partial charge on any atom is -0.341 e. The molecule has 0 spiro atoms. The third-order valence-electron chi connectivity index (χ3n) is 5.75. The van der Waals surface area contributed by atoms with E-state index < -0.39 is 0 Å². The van der Waals surface area contributed by atoms with Crippen LogP contribution in [0.15, 0.2) is 108 Å². The van der Waals surface area contributed by atoms with Crippen molar-refractivity contribution in [1.82, 2.24) is 9.55 Å². The standard InChI is InChI=1S/C29H25N3O/c1-21-19-26-29(25(30-21)18-17-22-11-5-2-6-12-22)27(33)20-28(31-23-13-7-3-8-14-23)32(26)24-15-9-4-10-16-24/h2-16,19-20,31H,17-18H2,1H3. The number of rotatable bonds is 6. The SMILES string of the molecule is Cc1cc2c(c(CCc3ccccc3)n1)c(=O)cc(Nc1ccccc1)n2-c1ccccc1. The quantitative estimate of drug-likeness (QED) is 0.347. The molecule has 3 aromatic carbocycles. The number of hydrogen-bond acceptors (Lipinski definition) is 3. The minimum atomic E-state index is -0.0221. The molecule has 5 rings (SSSR count). The predicted octanol–water partition coefficient (Wildman–Crippen LogP) is 6.22. The Morgan fingerprint density at radius 2 is 1.42 bits per heavy atom. The molecule has 162 valence electrons. The van der Waals surface area contributed by atoms with Crippen LogP contribution < -0.4 is 10.7 Å². The first-order chi connectivity index (χ1) is 16.2. The molecule has 0 radical (unpaired) electrons. The van der Waals surface area contributed by atoms with Gasteiger partial charge in [0.05, 0.1) is 16.6 Å². The van der Waals surface area contributed by atoms with Crippen molar-refractivity contribution in [3.63, 3.8) is 0 Å². The molecular formula is C29H25N3O. The lowest BCUT2D eigenvalue weighted by Crippen LogP contribution is -2.15. The fourth-order valence-corrected chi connectivity index (χ4v) is 4.26. The van der Waals surface area contributed by atoms with Gasteiger partial charge in [0.25, 0.3) is 0 Å². The lowest BCUT2D eigenvalue weighted by molar-refractivity contribution is 0.911. The molecular weight excluding hydrogens is 406 g/mol. The van der Waals surface area contributed by atoms with Gasteiger partial charge in [-0.05, 0) is 55.7 Å². The van der Waals surface area contributed by atoms with Gasteiger partial charge in [-0.15, -0.1) is 0 Å². The lowest BCUT2D eigenvalue weighted by atomic mass is 10.0. The summed E-state index contributed by atoms with van der Waals surface area (Å²) in [5.74, 6) is 0.726. The second kappa shape index (κ2) is 9.13. The Labute approximate surface area is 193 Å². The molecule has 0 bridgehead atoms. The molecule has 2 aromatic heterocycles. The number of benzene rings is 3. The summed E-state index contributed by atoms with van der Waals surface area (Å²) in [6.45, 7) is 1.99. The lowest BCUT2D eigenvalue weighted by Gasteiger charge is -2.20. The van der Waals surface area contributed by atoms with Crippen molar-refractivity contribution in [2.75, 3.05) is 5.32 Å². The maximum atomic E-state index is 13.4. The maximum Gasteiger partial charge on any atom is 0.193 e. The van der Waals surface area contributed by atoms with Crippen molar-refractivity contribution < 1.29 is 0 Å². The fraction of sp³-hybridized carbons (Fsp3) is 0.103. The summed E-state index contributed by atoms with van der Waals surface area (Å²) >= 11 is 0. The van der Waals surface area contributed by atoms with Crippen LogP contribution in [0, 0.1) is 6.92 Å². The van der Waals surface area contributed by atoms with Gasteiger partial charge < -0.3 is 5.32 Å². The maximum absolute atomic E-state index is 13.4. The van der Waals surface area contributed by atoms with Gasteiger partial charge in [0, 0.05) is 23.1 Å². The molecule has 0 amide bonds. The van der Waals surface area contributed by atoms with Crippen molar-refractivity contribution in [2.24, 2.45) is 0 Å². The van der Waals surface area contributed by atoms with Crippen LogP contribution in [0.2, 0.25) is 0 Å². The Balaban J connectivity index is 1.70. The van der Waals surface area contributed by atoms with Crippen LogP contribution in [0.5, 0.6) is 0 Å². The average Bonchev–Trinajstić information content (AvgIpc) is 2.84. The number of hydrogen-bond donors (Lipinski definition) is 1. The van der Waals surface area contributed by atoms with Gasteiger partial charge in [0.1, 0.15) is 5.82 Å². The van der Waals surface area contributed by atoms with E-state index in [0.29, 0.717) is 11.8 Å². The third-order valence-corrected chi connectivity index (χ3v) is 5.75. The Morgan fingerprint density at radius 3 is 2.12 bits per heavy atom. The average molecular weight is 432 g/mol. The van der Waals surface area contributed by atoms with E-state index in [0.717, 1.165) is 40.5 Å². The molecule has 0 fully saturated rings. The van der Waals surface area contributed by atoms with Gasteiger partial charge in [0.2, 0.25) is 0 Å². The van der Waals surface area contributed by atoms with E-state index in [9.17, 15) is 4.79 Å². The van der Waals surface area contributed by atoms with E-state index in [2.05, 4.69) is 34.1 Å². The molecule has 0 aliphatic carbocycles. The number of aromatic nitrogens is 2. The van der Waals surface area contributed by atoms with Crippen molar-refractivity contribution in [2.45, 2.75) is 19.8 Å². The zero-order chi connectivity index (χ0) is 22.6. The van der Waals surface area contributed by atoms with Crippen molar-refractivity contribution in [3.8, 4) is 5.69 Å². The predicted molar refractivity (Wildman–Crippen MR) is 136 cm³/mol. The topological polar surface area (TPSA) is 46.9 Å². The summed E-state index contributed by atoms with van der Waals surface area (Å²) in [6.07, 6.45) is 1.54. The number of fused-ring (bicyclic) bond motifs is 1. The number of anilines is 2. The Kier molecular flexibility index (Phi) is 5.73. The van der Waals surface area contributed by atoms with Gasteiger partial charge >= 0.3 is 0 Å². The highest BCUT2D eigenvalue weighted by Crippen LogP contribution is 2.27. The summed E-state index contributed by atoms with van der Waals surface area (Å²) in [6, 6.07) is 34.1. The van der Waals surface area contributed by atoms with E-state index in [4.69, 9.17) is 4.98 Å². The van der Waals surface area contributed by atoms with Crippen LogP contribution in [0.25, 0.3) is 16.6 Å². The fourth-order valence-electron chi connectivity index (χ4n) is 4.26. The normalized spacial score (nSPS) is 10.9. The van der Waals surface area contributed by atoms with Crippen molar-refractivity contribution in [3.05, 3.63) is 130 Å². The molecule has 0 saturated heterocycles. The molecule has 0 aliphatic heterocycles. The van der Waals surface area contributed by atoms with Crippen molar-refractivity contribution >= 4 is 22.4 Å². The largest absolute Gasteiger partial charge is 0.341 e. The summed E-state index contributed by atoms with van der Waals surface area (Å²) in [4.78, 5) is 18.2. The Morgan fingerprint density at radius 1 is 0.788 bits per heavy atom. The van der Waals surface area contributed by atoms with E-state index in [-0.39, 0.29) is 5.43 Å². The van der Waals surface area contributed by atoms with E-state index in [1.165, 1.54) is 5.56 Å². The molecule has 0 unspecified atom stereocenters. The molecule has 5 aromatic rings. The molecule has 33 heavy (non-hydrogen) atoms. The zero-order valence-electron chi connectivity index (χ0n) is 18.5. The summed E-state index contributed by atoms with van der Waals surface area (Å²) in [5, 5.41) is 4.12. The third kappa shape index (κ3) is 4.41. The first-order valence-corrected chi connectivity index (χ1v) is 11.2. The number of para-hydroxylation sites is 2. The van der Waals surface area contributed by atoms with E-state index in [1.54, 1.807) is 6.07 Å². The molecule has 1 N–H and O–H groups in total. The molecule has 4 nitrogen and oxygen atoms in total. The van der Waals surface area contributed by atoms with Gasteiger partial charge in [-0.1, -0.05) is 66.7 Å². The second-order valence-corrected chi connectivity index (χ2v) is 8.15. The first kappa shape index (κ1) is 20.7. The van der Waals surface area contributed by atoms with Crippen LogP contribution in [0.3, 0.4) is 0 Å². The summed E-state index contributed by atoms with van der Waals surface area (Å²) < 4.78 is 2.12. The summed E-state index contributed by atoms with van der Waals surface area (Å²) in [7, 11) is 0. The smallest absolute Gasteiger partial charge is 0.193 e. The molecule has 2 heterocycles. The van der Waals surface area contributed by atoms with Crippen molar-refractivity contribution in [1.29, 1.82) is 0 Å². The molecule has 0 aliphatic rings. The monoisotopic (exact) mass is 431 g/mol. The van der Waals surface area contributed by atoms with Crippen LogP contribution in [0.4, 0.5) is 11.5 Å². The number of nitrogens with zero attached hydrogens (tertiary/aromatic N) is 2. The molecule has 0 atom stereocenters. The van der Waals surface area contributed by atoms with Crippen LogP contribution >= 0.6 is 0 Å². The van der Waals surface area contributed by atoms with Gasteiger partial charge in [-0.3, -0.25) is 14.3 Å². The van der Waals surface area contributed by atoms with Crippen LogP contribution in [-0.4, -0.2) is 9.55 Å². The summed E-state index contributed by atoms with van der Waals surface area (Å²) in [5.41, 5.74) is 5.73. The number of aryl methyl sites for hydroxylation is 3. The number of pyridine rings is 2. The number of nitrogens with one attached hydrogen (secondary N) is 1. The first-order valence-electron chi connectivity index (χ1n) is 11.2. The highest BCUT2D eigenvalue weighted by molar-refractivity contribution is 5.86. The van der Waals surface area contributed by atoms with E-state index >= 15 is 0 Å². The van der Waals surface area contributed by atoms with Gasteiger partial charge in [0.15, 0.2) is 5.43 Å². The van der Waals surface area contributed by atoms with Gasteiger partial charge in [-0.2, -0.15) is 0 Å². The van der Waals surface area contributed by atoms with Gasteiger partial charge in [-0.25, -0.2) is 0 Å². The zero-order valence-corrected chi connectivity index (χ0v) is 18.5. The highest BCUT2D eigenvalue weighted by atomic mass is 16.1. The van der Waals surface area contributed by atoms with E-state index in [1.807, 2.05) is 79.7 Å². The highest BCUT2D eigenvalue weighted by Gasteiger charge is 2.16. The molecule has 4 heteroatoms. The van der Waals surface area contributed by atoms with Crippen LogP contribution in [-0.2, 0) is 12.8 Å². The second-order valence-electron chi connectivity index (χ2n) is 8.15. The Bertz CT molecular complexity index is 1440. The van der Waals surface area contributed by atoms with Crippen LogP contribution in [0.1, 0.15) is 17.0 Å².